The summed E-state index contributed by atoms with van der Waals surface area (Å²) in [4.78, 5) is 19.1. The molecule has 1 aromatic carbocycles. The zero-order valence-corrected chi connectivity index (χ0v) is 14.3. The van der Waals surface area contributed by atoms with Crippen molar-refractivity contribution in [1.29, 1.82) is 0 Å². The van der Waals surface area contributed by atoms with Crippen molar-refractivity contribution >= 4 is 5.78 Å². The number of methoxy groups -OCH3 is 1. The van der Waals surface area contributed by atoms with Gasteiger partial charge < -0.3 is 14.2 Å². The first-order chi connectivity index (χ1) is 12.2. The molecule has 25 heavy (non-hydrogen) atoms. The Morgan fingerprint density at radius 1 is 1.40 bits per heavy atom. The summed E-state index contributed by atoms with van der Waals surface area (Å²) in [7, 11) is 3.66. The second-order valence-electron chi connectivity index (χ2n) is 6.31. The normalized spacial score (nSPS) is 18.7. The molecule has 0 saturated carbocycles. The lowest BCUT2D eigenvalue weighted by atomic mass is 9.88. The van der Waals surface area contributed by atoms with E-state index in [4.69, 9.17) is 14.2 Å². The molecule has 2 aromatic rings. The maximum atomic E-state index is 12.7. The first-order valence-electron chi connectivity index (χ1n) is 8.33. The smallest absolute Gasteiger partial charge is 0.231 e. The minimum atomic E-state index is -0.0808. The number of ether oxygens (including phenoxy) is 3. The third-order valence-corrected chi connectivity index (χ3v) is 4.88. The number of hydrogen-bond donors (Lipinski definition) is 0. The highest BCUT2D eigenvalue weighted by molar-refractivity contribution is 5.94. The molecule has 0 radical (unpaired) electrons. The SMILES string of the molecule is COc1c2c(cc3c1C(CC(=O)c1ccccn1)N(C)CC3)OCO2. The molecule has 0 fully saturated rings. The summed E-state index contributed by atoms with van der Waals surface area (Å²) in [6, 6.07) is 7.33. The Kier molecular flexibility index (Phi) is 4.05. The van der Waals surface area contributed by atoms with Gasteiger partial charge in [0, 0.05) is 30.8 Å². The summed E-state index contributed by atoms with van der Waals surface area (Å²) in [6.07, 6.45) is 2.87. The van der Waals surface area contributed by atoms with Crippen molar-refractivity contribution in [3.05, 3.63) is 47.3 Å². The Hall–Kier alpha value is -2.60. The predicted molar refractivity (Wildman–Crippen MR) is 91.4 cm³/mol. The fourth-order valence-corrected chi connectivity index (χ4v) is 3.59. The molecule has 0 aliphatic carbocycles. The van der Waals surface area contributed by atoms with Crippen molar-refractivity contribution in [1.82, 2.24) is 9.88 Å². The Morgan fingerprint density at radius 3 is 3.04 bits per heavy atom. The molecular weight excluding hydrogens is 320 g/mol. The predicted octanol–water partition coefficient (Wildman–Crippen LogP) is 2.62. The number of ketones is 1. The number of aromatic nitrogens is 1. The number of benzene rings is 1. The van der Waals surface area contributed by atoms with Gasteiger partial charge in [-0.15, -0.1) is 0 Å². The second-order valence-corrected chi connectivity index (χ2v) is 6.31. The Balaban J connectivity index is 1.74. The summed E-state index contributed by atoms with van der Waals surface area (Å²) < 4.78 is 16.8. The van der Waals surface area contributed by atoms with Crippen molar-refractivity contribution < 1.29 is 19.0 Å². The lowest BCUT2D eigenvalue weighted by molar-refractivity contribution is 0.0920. The third-order valence-electron chi connectivity index (χ3n) is 4.88. The van der Waals surface area contributed by atoms with Gasteiger partial charge in [-0.3, -0.25) is 14.7 Å². The van der Waals surface area contributed by atoms with Crippen LogP contribution in [0.1, 0.15) is 34.1 Å². The van der Waals surface area contributed by atoms with Gasteiger partial charge in [-0.2, -0.15) is 0 Å². The van der Waals surface area contributed by atoms with Crippen LogP contribution < -0.4 is 14.2 Å². The molecule has 4 rings (SSSR count). The number of carbonyl (C=O) groups excluding carboxylic acids is 1. The molecular formula is C19H20N2O4. The van der Waals surface area contributed by atoms with Gasteiger partial charge in [0.1, 0.15) is 5.69 Å². The summed E-state index contributed by atoms with van der Waals surface area (Å²) in [6.45, 7) is 1.07. The molecule has 1 aromatic heterocycles. The lowest BCUT2D eigenvalue weighted by Crippen LogP contribution is -2.34. The zero-order chi connectivity index (χ0) is 17.4. The third kappa shape index (κ3) is 2.72. The molecule has 0 saturated heterocycles. The molecule has 6 heteroatoms. The van der Waals surface area contributed by atoms with Crippen LogP contribution in [0, 0.1) is 0 Å². The van der Waals surface area contributed by atoms with E-state index in [0.717, 1.165) is 29.8 Å². The van der Waals surface area contributed by atoms with Crippen LogP contribution in [0.15, 0.2) is 30.5 Å². The fraction of sp³-hybridized carbons (Fsp3) is 0.368. The first-order valence-corrected chi connectivity index (χ1v) is 8.33. The standard InChI is InChI=1S/C19H20N2O4/c1-21-8-6-12-9-16-18(25-11-24-16)19(23-2)17(12)14(21)10-15(22)13-5-3-4-7-20-13/h3-5,7,9,14H,6,8,10-11H2,1-2H3. The van der Waals surface area contributed by atoms with E-state index in [9.17, 15) is 4.79 Å². The molecule has 0 amide bonds. The van der Waals surface area contributed by atoms with E-state index in [-0.39, 0.29) is 18.6 Å². The van der Waals surface area contributed by atoms with E-state index in [1.807, 2.05) is 25.2 Å². The number of carbonyl (C=O) groups is 1. The van der Waals surface area contributed by atoms with E-state index in [0.29, 0.717) is 23.6 Å². The molecule has 2 aliphatic heterocycles. The van der Waals surface area contributed by atoms with Crippen molar-refractivity contribution in [2.45, 2.75) is 18.9 Å². The molecule has 1 atom stereocenters. The number of fused-ring (bicyclic) bond motifs is 2. The number of nitrogens with zero attached hydrogens (tertiary/aromatic N) is 2. The topological polar surface area (TPSA) is 60.9 Å². The van der Waals surface area contributed by atoms with Crippen LogP contribution in [-0.2, 0) is 6.42 Å². The minimum absolute atomic E-state index is 0.0185. The van der Waals surface area contributed by atoms with Gasteiger partial charge in [0.05, 0.1) is 7.11 Å². The number of hydrogen-bond acceptors (Lipinski definition) is 6. The highest BCUT2D eigenvalue weighted by Gasteiger charge is 2.35. The molecule has 130 valence electrons. The zero-order valence-electron chi connectivity index (χ0n) is 14.3. The van der Waals surface area contributed by atoms with Gasteiger partial charge in [-0.05, 0) is 37.2 Å². The van der Waals surface area contributed by atoms with Crippen molar-refractivity contribution in [3.63, 3.8) is 0 Å². The van der Waals surface area contributed by atoms with Crippen LogP contribution in [0.25, 0.3) is 0 Å². The Labute approximate surface area is 146 Å². The van der Waals surface area contributed by atoms with Crippen molar-refractivity contribution in [3.8, 4) is 17.2 Å². The second kappa shape index (κ2) is 6.37. The number of Topliss-reactive ketones (excluding diaryl/α,β-unsaturated/α-hetero) is 1. The molecule has 6 nitrogen and oxygen atoms in total. The van der Waals surface area contributed by atoms with E-state index < -0.39 is 0 Å². The van der Waals surface area contributed by atoms with Crippen molar-refractivity contribution in [2.24, 2.45) is 0 Å². The Bertz CT molecular complexity index is 807. The van der Waals surface area contributed by atoms with Crippen LogP contribution in [0.2, 0.25) is 0 Å². The average Bonchev–Trinajstić information content (AvgIpc) is 3.11. The van der Waals surface area contributed by atoms with Crippen LogP contribution in [-0.4, -0.2) is 43.2 Å². The quantitative estimate of drug-likeness (QED) is 0.798. The summed E-state index contributed by atoms with van der Waals surface area (Å²) in [5, 5.41) is 0. The molecule has 0 spiro atoms. The summed E-state index contributed by atoms with van der Waals surface area (Å²) >= 11 is 0. The fourth-order valence-electron chi connectivity index (χ4n) is 3.59. The summed E-state index contributed by atoms with van der Waals surface area (Å²) in [5.74, 6) is 2.04. The van der Waals surface area contributed by atoms with Gasteiger partial charge in [0.15, 0.2) is 17.3 Å². The van der Waals surface area contributed by atoms with E-state index in [1.54, 1.807) is 19.4 Å². The van der Waals surface area contributed by atoms with Gasteiger partial charge in [-0.25, -0.2) is 0 Å². The van der Waals surface area contributed by atoms with Crippen molar-refractivity contribution in [2.75, 3.05) is 27.5 Å². The number of pyridine rings is 1. The maximum Gasteiger partial charge on any atom is 0.231 e. The van der Waals surface area contributed by atoms with Gasteiger partial charge in [0.25, 0.3) is 0 Å². The van der Waals surface area contributed by atoms with E-state index >= 15 is 0 Å². The largest absolute Gasteiger partial charge is 0.492 e. The first kappa shape index (κ1) is 15.9. The highest BCUT2D eigenvalue weighted by Crippen LogP contribution is 2.50. The molecule has 0 N–H and O–H groups in total. The van der Waals surface area contributed by atoms with E-state index in [1.165, 1.54) is 0 Å². The molecule has 2 aliphatic rings. The minimum Gasteiger partial charge on any atom is -0.492 e. The average molecular weight is 340 g/mol. The van der Waals surface area contributed by atoms with Gasteiger partial charge >= 0.3 is 0 Å². The molecule has 3 heterocycles. The number of rotatable bonds is 4. The van der Waals surface area contributed by atoms with Gasteiger partial charge in [0.2, 0.25) is 12.5 Å². The van der Waals surface area contributed by atoms with E-state index in [2.05, 4.69) is 9.88 Å². The monoisotopic (exact) mass is 340 g/mol. The molecule has 1 unspecified atom stereocenters. The lowest BCUT2D eigenvalue weighted by Gasteiger charge is -2.35. The van der Waals surface area contributed by atoms with Gasteiger partial charge in [-0.1, -0.05) is 6.07 Å². The van der Waals surface area contributed by atoms with Crippen LogP contribution in [0.5, 0.6) is 17.2 Å². The van der Waals surface area contributed by atoms with Crippen LogP contribution in [0.3, 0.4) is 0 Å². The Morgan fingerprint density at radius 2 is 2.28 bits per heavy atom. The molecule has 0 bridgehead atoms. The van der Waals surface area contributed by atoms with Crippen LogP contribution >= 0.6 is 0 Å². The maximum absolute atomic E-state index is 12.7. The number of likely N-dealkylation sites (N-methyl/N-ethyl adjacent to an activating group) is 1. The summed E-state index contributed by atoms with van der Waals surface area (Å²) in [5.41, 5.74) is 2.66. The highest BCUT2D eigenvalue weighted by atomic mass is 16.7. The van der Waals surface area contributed by atoms with Crippen LogP contribution in [0.4, 0.5) is 0 Å².